The van der Waals surface area contributed by atoms with Gasteiger partial charge in [0.1, 0.15) is 35.0 Å². The Kier molecular flexibility index (Phi) is 3.42. The lowest BCUT2D eigenvalue weighted by molar-refractivity contribution is 0.0131. The van der Waals surface area contributed by atoms with E-state index in [1.165, 1.54) is 19.2 Å². The van der Waals surface area contributed by atoms with Crippen LogP contribution < -0.4 is 16.6 Å². The molecule has 3 aliphatic rings. The molecule has 0 radical (unpaired) electrons. The van der Waals surface area contributed by atoms with E-state index in [1.54, 1.807) is 21.6 Å². The molecule has 0 unspecified atom stereocenters. The summed E-state index contributed by atoms with van der Waals surface area (Å²) in [6.45, 7) is 1.88. The van der Waals surface area contributed by atoms with Gasteiger partial charge in [0, 0.05) is 13.1 Å². The number of anilines is 3. The van der Waals surface area contributed by atoms with Crippen LogP contribution in [0.25, 0.3) is 0 Å². The third kappa shape index (κ3) is 2.30. The van der Waals surface area contributed by atoms with Gasteiger partial charge in [-0.25, -0.2) is 9.97 Å². The number of carbonyl (C=O) groups excluding carboxylic acids is 1. The molecule has 146 valence electrons. The highest BCUT2D eigenvalue weighted by Gasteiger charge is 2.56. The first-order valence-corrected chi connectivity index (χ1v) is 9.75. The highest BCUT2D eigenvalue weighted by Crippen LogP contribution is 2.60. The minimum absolute atomic E-state index is 0.0702. The van der Waals surface area contributed by atoms with Crippen LogP contribution in [0.2, 0.25) is 0 Å². The van der Waals surface area contributed by atoms with Gasteiger partial charge in [-0.05, 0) is 62.5 Å². The van der Waals surface area contributed by atoms with E-state index in [9.17, 15) is 9.59 Å². The Morgan fingerprint density at radius 1 is 1.07 bits per heavy atom. The van der Waals surface area contributed by atoms with E-state index in [4.69, 9.17) is 5.73 Å². The van der Waals surface area contributed by atoms with Crippen LogP contribution >= 0.6 is 0 Å². The second-order valence-corrected chi connectivity index (χ2v) is 8.53. The minimum atomic E-state index is -0.565. The molecule has 2 aliphatic carbocycles. The number of nitrogen functional groups attached to an aromatic ring is 1. The lowest BCUT2D eigenvalue weighted by Gasteiger charge is -2.43. The fourth-order valence-corrected chi connectivity index (χ4v) is 4.99. The number of hydrogen-bond donors (Lipinski definition) is 2. The number of carbonyl (C=O) groups is 1. The summed E-state index contributed by atoms with van der Waals surface area (Å²) in [7, 11) is 1.83. The zero-order valence-electron chi connectivity index (χ0n) is 16.2. The van der Waals surface area contributed by atoms with E-state index in [-0.39, 0.29) is 11.5 Å². The van der Waals surface area contributed by atoms with Gasteiger partial charge in [0.15, 0.2) is 0 Å². The summed E-state index contributed by atoms with van der Waals surface area (Å²) >= 11 is 0. The molecular weight excluding hydrogens is 356 g/mol. The highest BCUT2D eigenvalue weighted by atomic mass is 16.2. The molecule has 1 aliphatic heterocycles. The topological polar surface area (TPSA) is 106 Å². The number of nitrogens with zero attached hydrogens (tertiary/aromatic N) is 4. The molecule has 1 amide bonds. The Bertz CT molecular complexity index is 1050. The average molecular weight is 380 g/mol. The van der Waals surface area contributed by atoms with Crippen molar-refractivity contribution in [2.75, 3.05) is 18.1 Å². The van der Waals surface area contributed by atoms with E-state index in [1.807, 2.05) is 14.0 Å². The Balaban J connectivity index is 1.62. The molecule has 0 atom stereocenters. The number of amides is 1. The van der Waals surface area contributed by atoms with Gasteiger partial charge in [0.05, 0.1) is 0 Å². The number of aromatic nitrogens is 3. The lowest BCUT2D eigenvalue weighted by atomic mass is 9.79. The number of nitrogens with two attached hydrogens (primary N) is 1. The van der Waals surface area contributed by atoms with Crippen LogP contribution in [0.3, 0.4) is 0 Å². The molecule has 8 nitrogen and oxygen atoms in total. The number of hydrogen-bond acceptors (Lipinski definition) is 6. The summed E-state index contributed by atoms with van der Waals surface area (Å²) in [5, 5.41) is 3.07. The second kappa shape index (κ2) is 5.56. The first-order chi connectivity index (χ1) is 13.4. The first kappa shape index (κ1) is 17.2. The molecular formula is C20H24N6O2. The van der Waals surface area contributed by atoms with Gasteiger partial charge < -0.3 is 16.0 Å². The van der Waals surface area contributed by atoms with Crippen LogP contribution in [0.15, 0.2) is 23.3 Å². The average Bonchev–Trinajstić information content (AvgIpc) is 3.39. The Hall–Kier alpha value is -2.90. The molecule has 0 bridgehead atoms. The Morgan fingerprint density at radius 2 is 1.75 bits per heavy atom. The second-order valence-electron chi connectivity index (χ2n) is 8.53. The van der Waals surface area contributed by atoms with Crippen LogP contribution in [-0.4, -0.2) is 32.4 Å². The Morgan fingerprint density at radius 3 is 2.39 bits per heavy atom. The molecule has 0 aromatic carbocycles. The lowest BCUT2D eigenvalue weighted by Crippen LogP contribution is -2.50. The fourth-order valence-electron chi connectivity index (χ4n) is 4.99. The fraction of sp³-hybridized carbons (Fsp3) is 0.500. The van der Waals surface area contributed by atoms with Crippen molar-refractivity contribution in [3.8, 4) is 0 Å². The maximum absolute atomic E-state index is 13.5. The molecule has 2 aromatic rings. The van der Waals surface area contributed by atoms with Gasteiger partial charge in [0.25, 0.3) is 11.5 Å². The van der Waals surface area contributed by atoms with Crippen molar-refractivity contribution < 1.29 is 4.79 Å². The molecule has 8 heteroatoms. The highest BCUT2D eigenvalue weighted by molar-refractivity contribution is 5.97. The summed E-state index contributed by atoms with van der Waals surface area (Å²) in [6, 6.07) is 3.31. The van der Waals surface area contributed by atoms with Crippen LogP contribution in [-0.2, 0) is 5.66 Å². The van der Waals surface area contributed by atoms with Crippen molar-refractivity contribution in [1.82, 2.24) is 19.4 Å². The predicted molar refractivity (Wildman–Crippen MR) is 105 cm³/mol. The molecule has 2 spiro atoms. The van der Waals surface area contributed by atoms with Gasteiger partial charge in [0.2, 0.25) is 0 Å². The van der Waals surface area contributed by atoms with Crippen LogP contribution in [0.1, 0.15) is 54.6 Å². The number of nitrogens with one attached hydrogen (secondary N) is 1. The van der Waals surface area contributed by atoms with Gasteiger partial charge in [-0.2, -0.15) is 0 Å². The van der Waals surface area contributed by atoms with E-state index < -0.39 is 5.66 Å². The zero-order chi connectivity index (χ0) is 19.7. The van der Waals surface area contributed by atoms with Gasteiger partial charge in [-0.3, -0.25) is 14.2 Å². The molecule has 0 saturated heterocycles. The van der Waals surface area contributed by atoms with Crippen molar-refractivity contribution >= 4 is 23.2 Å². The van der Waals surface area contributed by atoms with E-state index >= 15 is 0 Å². The molecule has 2 saturated carbocycles. The summed E-state index contributed by atoms with van der Waals surface area (Å²) in [5.41, 5.74) is 7.12. The summed E-state index contributed by atoms with van der Waals surface area (Å²) < 4.78 is 1.74. The standard InChI is InChI=1S/C20H24N6O2/c1-12-9-13(24-15-10-14(21)22-11-23-15)17(27)26-16(12)18(28)25(2)20(26)7-5-19(3-4-19)6-8-20/h9-11H,3-8H2,1-2H3,(H3,21,22,23,24). The van der Waals surface area contributed by atoms with Crippen LogP contribution in [0, 0.1) is 12.3 Å². The number of aryl methyl sites for hydroxylation is 1. The predicted octanol–water partition coefficient (Wildman–Crippen LogP) is 2.37. The SMILES string of the molecule is Cc1cc(Nc2cc(N)ncn2)c(=O)n2c1C(=O)N(C)C21CCC2(CC2)CC1. The van der Waals surface area contributed by atoms with E-state index in [0.29, 0.717) is 28.4 Å². The molecule has 3 heterocycles. The first-order valence-electron chi connectivity index (χ1n) is 9.75. The smallest absolute Gasteiger partial charge is 0.276 e. The van der Waals surface area contributed by atoms with E-state index in [0.717, 1.165) is 31.2 Å². The minimum Gasteiger partial charge on any atom is -0.384 e. The van der Waals surface area contributed by atoms with Gasteiger partial charge in [-0.15, -0.1) is 0 Å². The molecule has 2 aromatic heterocycles. The van der Waals surface area contributed by atoms with Gasteiger partial charge in [-0.1, -0.05) is 0 Å². The zero-order valence-corrected chi connectivity index (χ0v) is 16.2. The maximum Gasteiger partial charge on any atom is 0.276 e. The van der Waals surface area contributed by atoms with Crippen LogP contribution in [0.4, 0.5) is 17.3 Å². The van der Waals surface area contributed by atoms with Crippen molar-refractivity contribution in [3.63, 3.8) is 0 Å². The number of fused-ring (bicyclic) bond motifs is 2. The molecule has 3 N–H and O–H groups in total. The largest absolute Gasteiger partial charge is 0.384 e. The number of pyridine rings is 1. The van der Waals surface area contributed by atoms with Crippen molar-refractivity contribution in [2.24, 2.45) is 5.41 Å². The molecule has 2 fully saturated rings. The quantitative estimate of drug-likeness (QED) is 0.828. The van der Waals surface area contributed by atoms with Crippen molar-refractivity contribution in [2.45, 2.75) is 51.1 Å². The maximum atomic E-state index is 13.5. The Labute approximate surface area is 162 Å². The van der Waals surface area contributed by atoms with Crippen molar-refractivity contribution in [3.05, 3.63) is 40.1 Å². The number of rotatable bonds is 2. The monoisotopic (exact) mass is 380 g/mol. The third-order valence-electron chi connectivity index (χ3n) is 6.96. The molecule has 28 heavy (non-hydrogen) atoms. The summed E-state index contributed by atoms with van der Waals surface area (Å²) in [4.78, 5) is 36.3. The third-order valence-corrected chi connectivity index (χ3v) is 6.96. The van der Waals surface area contributed by atoms with Crippen molar-refractivity contribution in [1.29, 1.82) is 0 Å². The van der Waals surface area contributed by atoms with Gasteiger partial charge >= 0.3 is 0 Å². The van der Waals surface area contributed by atoms with E-state index in [2.05, 4.69) is 15.3 Å². The summed E-state index contributed by atoms with van der Waals surface area (Å²) in [6.07, 6.45) is 7.68. The van der Waals surface area contributed by atoms with Crippen LogP contribution in [0.5, 0.6) is 0 Å². The normalized spacial score (nSPS) is 21.2. The molecule has 5 rings (SSSR count). The summed E-state index contributed by atoms with van der Waals surface area (Å²) in [5.74, 6) is 0.708.